The number of anilines is 1. The SMILES string of the molecule is Cc1cc2c([nH]1)/C=C1\C(=O)Nc3ccc(cc31)CC(=O)N(C)CCOCCNC2=O. The summed E-state index contributed by atoms with van der Waals surface area (Å²) in [5.41, 5.74) is 4.54. The van der Waals surface area contributed by atoms with Gasteiger partial charge in [0.1, 0.15) is 0 Å². The van der Waals surface area contributed by atoms with E-state index in [9.17, 15) is 14.4 Å². The first-order valence-corrected chi connectivity index (χ1v) is 9.88. The van der Waals surface area contributed by atoms with Gasteiger partial charge in [-0.05, 0) is 36.8 Å². The van der Waals surface area contributed by atoms with Gasteiger partial charge in [0.25, 0.3) is 11.8 Å². The summed E-state index contributed by atoms with van der Waals surface area (Å²) in [5.74, 6) is -0.504. The number of hydrogen-bond donors (Lipinski definition) is 3. The van der Waals surface area contributed by atoms with Crippen LogP contribution in [0.5, 0.6) is 0 Å². The van der Waals surface area contributed by atoms with Crippen molar-refractivity contribution >= 4 is 35.1 Å². The van der Waals surface area contributed by atoms with Gasteiger partial charge in [-0.1, -0.05) is 6.07 Å². The molecule has 3 amide bonds. The Morgan fingerprint density at radius 3 is 2.70 bits per heavy atom. The monoisotopic (exact) mass is 408 g/mol. The lowest BCUT2D eigenvalue weighted by atomic mass is 10.0. The van der Waals surface area contributed by atoms with Crippen LogP contribution >= 0.6 is 0 Å². The van der Waals surface area contributed by atoms with Crippen molar-refractivity contribution < 1.29 is 19.1 Å². The molecule has 0 unspecified atom stereocenters. The van der Waals surface area contributed by atoms with Crippen LogP contribution in [0.4, 0.5) is 5.69 Å². The molecule has 2 aromatic rings. The lowest BCUT2D eigenvalue weighted by molar-refractivity contribution is -0.129. The molecule has 0 atom stereocenters. The summed E-state index contributed by atoms with van der Waals surface area (Å²) in [7, 11) is 1.74. The van der Waals surface area contributed by atoms with Gasteiger partial charge in [0.2, 0.25) is 5.91 Å². The van der Waals surface area contributed by atoms with Gasteiger partial charge < -0.3 is 25.3 Å². The third-order valence-electron chi connectivity index (χ3n) is 5.27. The average Bonchev–Trinajstić information content (AvgIpc) is 3.23. The lowest BCUT2D eigenvalue weighted by Gasteiger charge is -2.17. The normalized spacial score (nSPS) is 19.5. The van der Waals surface area contributed by atoms with Crippen LogP contribution in [0, 0.1) is 6.92 Å². The van der Waals surface area contributed by atoms with E-state index >= 15 is 0 Å². The van der Waals surface area contributed by atoms with E-state index < -0.39 is 0 Å². The predicted octanol–water partition coefficient (Wildman–Crippen LogP) is 1.58. The number of H-pyrrole nitrogens is 1. The predicted molar refractivity (Wildman–Crippen MR) is 113 cm³/mol. The Hall–Kier alpha value is -3.39. The molecule has 3 N–H and O–H groups in total. The van der Waals surface area contributed by atoms with Gasteiger partial charge in [0, 0.05) is 37.1 Å². The molecule has 0 saturated heterocycles. The molecule has 1 aromatic heterocycles. The van der Waals surface area contributed by atoms with E-state index in [0.29, 0.717) is 48.8 Å². The highest BCUT2D eigenvalue weighted by molar-refractivity contribution is 6.35. The number of ether oxygens (including phenoxy) is 1. The molecule has 8 heteroatoms. The van der Waals surface area contributed by atoms with Crippen molar-refractivity contribution in [2.24, 2.45) is 0 Å². The molecule has 0 aliphatic carbocycles. The Kier molecular flexibility index (Phi) is 5.41. The van der Waals surface area contributed by atoms with E-state index in [-0.39, 0.29) is 24.1 Å². The minimum Gasteiger partial charge on any atom is -0.378 e. The van der Waals surface area contributed by atoms with Crippen LogP contribution in [0.1, 0.15) is 32.9 Å². The first-order chi connectivity index (χ1) is 14.4. The zero-order valence-corrected chi connectivity index (χ0v) is 17.0. The Balaban J connectivity index is 1.76. The van der Waals surface area contributed by atoms with Crippen molar-refractivity contribution in [2.45, 2.75) is 13.3 Å². The fraction of sp³-hybridized carbons (Fsp3) is 0.318. The van der Waals surface area contributed by atoms with Crippen LogP contribution in [0.25, 0.3) is 11.6 Å². The lowest BCUT2D eigenvalue weighted by Crippen LogP contribution is -2.32. The fourth-order valence-electron chi connectivity index (χ4n) is 3.61. The second kappa shape index (κ2) is 8.16. The third kappa shape index (κ3) is 3.99. The van der Waals surface area contributed by atoms with Gasteiger partial charge in [0.15, 0.2) is 0 Å². The van der Waals surface area contributed by atoms with E-state index in [0.717, 1.165) is 16.8 Å². The van der Waals surface area contributed by atoms with E-state index in [1.165, 1.54) is 0 Å². The maximum atomic E-state index is 12.7. The minimum absolute atomic E-state index is 0.0266. The molecule has 0 fully saturated rings. The summed E-state index contributed by atoms with van der Waals surface area (Å²) in [4.78, 5) is 42.6. The number of likely N-dealkylation sites (N-methyl/N-ethyl adjacent to an activating group) is 1. The second-order valence-electron chi connectivity index (χ2n) is 7.53. The van der Waals surface area contributed by atoms with Crippen LogP contribution < -0.4 is 10.6 Å². The number of benzene rings is 1. The zero-order chi connectivity index (χ0) is 21.3. The van der Waals surface area contributed by atoms with E-state index in [2.05, 4.69) is 15.6 Å². The van der Waals surface area contributed by atoms with E-state index in [1.54, 1.807) is 24.1 Å². The van der Waals surface area contributed by atoms with Gasteiger partial charge in [0.05, 0.1) is 36.5 Å². The number of rotatable bonds is 0. The van der Waals surface area contributed by atoms with Gasteiger partial charge in [-0.2, -0.15) is 0 Å². The summed E-state index contributed by atoms with van der Waals surface area (Å²) in [6, 6.07) is 7.27. The number of hydrogen-bond acceptors (Lipinski definition) is 4. The van der Waals surface area contributed by atoms with Crippen molar-refractivity contribution in [3.63, 3.8) is 0 Å². The highest BCUT2D eigenvalue weighted by Crippen LogP contribution is 2.34. The first kappa shape index (κ1) is 19.9. The molecule has 156 valence electrons. The quantitative estimate of drug-likeness (QED) is 0.616. The smallest absolute Gasteiger partial charge is 0.256 e. The maximum absolute atomic E-state index is 12.7. The Labute approximate surface area is 174 Å². The Morgan fingerprint density at radius 2 is 1.87 bits per heavy atom. The minimum atomic E-state index is -0.240. The van der Waals surface area contributed by atoms with Crippen molar-refractivity contribution in [2.75, 3.05) is 38.7 Å². The summed E-state index contributed by atoms with van der Waals surface area (Å²) >= 11 is 0. The summed E-state index contributed by atoms with van der Waals surface area (Å²) in [6.07, 6.45) is 1.92. The number of carbonyl (C=O) groups is 3. The molecule has 30 heavy (non-hydrogen) atoms. The Bertz CT molecular complexity index is 1050. The van der Waals surface area contributed by atoms with E-state index in [4.69, 9.17) is 4.74 Å². The van der Waals surface area contributed by atoms with Crippen LogP contribution in [0.15, 0.2) is 24.3 Å². The number of aromatic nitrogens is 1. The molecule has 0 radical (unpaired) electrons. The van der Waals surface area contributed by atoms with Gasteiger partial charge >= 0.3 is 0 Å². The number of nitrogens with zero attached hydrogens (tertiary/aromatic N) is 1. The molecule has 2 aliphatic heterocycles. The summed E-state index contributed by atoms with van der Waals surface area (Å²) in [6.45, 7) is 3.41. The van der Waals surface area contributed by atoms with Gasteiger partial charge in [-0.3, -0.25) is 14.4 Å². The highest BCUT2D eigenvalue weighted by Gasteiger charge is 2.26. The molecule has 2 bridgehead atoms. The topological polar surface area (TPSA) is 104 Å². The summed E-state index contributed by atoms with van der Waals surface area (Å²) < 4.78 is 5.54. The number of fused-ring (bicyclic) bond motifs is 2. The van der Waals surface area contributed by atoms with Gasteiger partial charge in [-0.15, -0.1) is 0 Å². The Morgan fingerprint density at radius 1 is 1.03 bits per heavy atom. The van der Waals surface area contributed by atoms with Crippen molar-refractivity contribution in [1.82, 2.24) is 15.2 Å². The van der Waals surface area contributed by atoms with Crippen LogP contribution in [0.2, 0.25) is 0 Å². The fourth-order valence-corrected chi connectivity index (χ4v) is 3.61. The largest absolute Gasteiger partial charge is 0.378 e. The van der Waals surface area contributed by atoms with Gasteiger partial charge in [-0.25, -0.2) is 0 Å². The third-order valence-corrected chi connectivity index (χ3v) is 5.27. The molecule has 8 nitrogen and oxygen atoms in total. The molecular weight excluding hydrogens is 384 g/mol. The highest BCUT2D eigenvalue weighted by atomic mass is 16.5. The number of amides is 3. The van der Waals surface area contributed by atoms with Crippen molar-refractivity contribution in [3.05, 3.63) is 52.3 Å². The number of aromatic amines is 1. The average molecular weight is 408 g/mol. The van der Waals surface area contributed by atoms with Crippen molar-refractivity contribution in [1.29, 1.82) is 0 Å². The van der Waals surface area contributed by atoms with Crippen molar-refractivity contribution in [3.8, 4) is 0 Å². The molecule has 0 saturated carbocycles. The van der Waals surface area contributed by atoms with Crippen LogP contribution in [-0.4, -0.2) is 61.0 Å². The molecule has 2 aliphatic rings. The van der Waals surface area contributed by atoms with Crippen LogP contribution in [-0.2, 0) is 20.7 Å². The number of aryl methyl sites for hydroxylation is 1. The first-order valence-electron chi connectivity index (χ1n) is 9.88. The number of carbonyl (C=O) groups excluding carboxylic acids is 3. The molecule has 4 rings (SSSR count). The van der Waals surface area contributed by atoms with Crippen LogP contribution in [0.3, 0.4) is 0 Å². The molecular formula is C22H24N4O4. The standard InChI is InChI=1S/C22H24N4O4/c1-13-9-17-19(24-13)12-16-15-10-14(3-4-18(15)25-22(16)29)11-20(27)26(2)6-8-30-7-5-23-21(17)28/h3-4,9-10,12,24H,5-8,11H2,1-2H3,(H,23,28)(H,25,29)/b16-12-. The molecule has 3 heterocycles. The molecule has 0 spiro atoms. The molecule has 1 aromatic carbocycles. The van der Waals surface area contributed by atoms with E-state index in [1.807, 2.05) is 25.1 Å². The number of nitrogens with one attached hydrogen (secondary N) is 3. The maximum Gasteiger partial charge on any atom is 0.256 e. The zero-order valence-electron chi connectivity index (χ0n) is 17.0. The second-order valence-corrected chi connectivity index (χ2v) is 7.53. The summed E-state index contributed by atoms with van der Waals surface area (Å²) in [5, 5.41) is 5.68.